The Labute approximate surface area is 183 Å². The van der Waals surface area contributed by atoms with Gasteiger partial charge in [-0.3, -0.25) is 9.59 Å². The third-order valence-corrected chi connectivity index (χ3v) is 5.93. The molecule has 0 spiro atoms. The highest BCUT2D eigenvalue weighted by Crippen LogP contribution is 2.43. The zero-order valence-electron chi connectivity index (χ0n) is 18.5. The van der Waals surface area contributed by atoms with Crippen LogP contribution in [0.15, 0.2) is 48.5 Å². The number of amides is 2. The highest BCUT2D eigenvalue weighted by Gasteiger charge is 2.45. The van der Waals surface area contributed by atoms with Gasteiger partial charge in [0.1, 0.15) is 5.82 Å². The molecule has 6 heteroatoms. The van der Waals surface area contributed by atoms with Crippen LogP contribution in [0, 0.1) is 5.82 Å². The molecule has 2 atom stereocenters. The predicted molar refractivity (Wildman–Crippen MR) is 118 cm³/mol. The predicted octanol–water partition coefficient (Wildman–Crippen LogP) is 4.40. The second-order valence-electron chi connectivity index (χ2n) is 7.82. The van der Waals surface area contributed by atoms with Gasteiger partial charge in [0, 0.05) is 32.3 Å². The summed E-state index contributed by atoms with van der Waals surface area (Å²) in [6, 6.07) is 12.9. The first-order valence-corrected chi connectivity index (χ1v) is 11.0. The molecule has 2 aromatic carbocycles. The number of carbonyl (C=O) groups excluding carboxylic acids is 2. The third-order valence-electron chi connectivity index (χ3n) is 5.93. The van der Waals surface area contributed by atoms with Gasteiger partial charge in [0.15, 0.2) is 0 Å². The van der Waals surface area contributed by atoms with Crippen LogP contribution in [0.3, 0.4) is 0 Å². The lowest BCUT2D eigenvalue weighted by molar-refractivity contribution is -0.134. The summed E-state index contributed by atoms with van der Waals surface area (Å²) in [5.74, 6) is -1.06. The van der Waals surface area contributed by atoms with E-state index in [-0.39, 0.29) is 17.6 Å². The van der Waals surface area contributed by atoms with Crippen LogP contribution in [0.4, 0.5) is 4.39 Å². The zero-order valence-corrected chi connectivity index (χ0v) is 18.5. The summed E-state index contributed by atoms with van der Waals surface area (Å²) < 4.78 is 18.9. The van der Waals surface area contributed by atoms with Crippen LogP contribution < -0.4 is 0 Å². The van der Waals surface area contributed by atoms with E-state index in [9.17, 15) is 14.0 Å². The average molecular weight is 427 g/mol. The number of likely N-dealkylation sites (N-methyl/N-ethyl adjacent to an activating group) is 1. The fourth-order valence-electron chi connectivity index (χ4n) is 4.29. The van der Waals surface area contributed by atoms with Gasteiger partial charge in [-0.1, -0.05) is 43.7 Å². The third kappa shape index (κ3) is 4.79. The van der Waals surface area contributed by atoms with Crippen LogP contribution >= 0.6 is 0 Å². The lowest BCUT2D eigenvalue weighted by Gasteiger charge is -2.43. The highest BCUT2D eigenvalue weighted by atomic mass is 19.1. The Balaban J connectivity index is 2.15. The van der Waals surface area contributed by atoms with E-state index in [1.807, 2.05) is 30.0 Å². The fraction of sp³-hybridized carbons (Fsp3) is 0.440. The number of methoxy groups -OCH3 is 1. The molecular weight excluding hydrogens is 395 g/mol. The first-order chi connectivity index (χ1) is 15.0. The average Bonchev–Trinajstić information content (AvgIpc) is 2.79. The summed E-state index contributed by atoms with van der Waals surface area (Å²) >= 11 is 0. The minimum atomic E-state index is -0.562. The molecule has 166 valence electrons. The molecule has 1 aliphatic rings. The summed E-state index contributed by atoms with van der Waals surface area (Å²) in [6.07, 6.45) is 1.91. The van der Waals surface area contributed by atoms with Gasteiger partial charge in [-0.2, -0.15) is 0 Å². The smallest absolute Gasteiger partial charge is 0.254 e. The van der Waals surface area contributed by atoms with E-state index in [1.165, 1.54) is 12.1 Å². The highest BCUT2D eigenvalue weighted by molar-refractivity contribution is 6.01. The van der Waals surface area contributed by atoms with Gasteiger partial charge in [-0.25, -0.2) is 4.39 Å². The fourth-order valence-corrected chi connectivity index (χ4v) is 4.29. The molecule has 31 heavy (non-hydrogen) atoms. The summed E-state index contributed by atoms with van der Waals surface area (Å²) in [6.45, 7) is 6.03. The van der Waals surface area contributed by atoms with Crippen LogP contribution in [-0.2, 0) is 9.53 Å². The van der Waals surface area contributed by atoms with E-state index in [0.717, 1.165) is 24.0 Å². The maximum atomic E-state index is 13.9. The number of halogens is 1. The molecule has 0 radical (unpaired) electrons. The Bertz CT molecular complexity index is 900. The molecule has 2 amide bonds. The molecule has 0 unspecified atom stereocenters. The number of nitrogens with zero attached hydrogens (tertiary/aromatic N) is 2. The number of benzene rings is 2. The van der Waals surface area contributed by atoms with Crippen molar-refractivity contribution in [1.82, 2.24) is 9.80 Å². The first kappa shape index (κ1) is 22.9. The SMILES string of the molecule is CCCCN(CC)C(=O)[C@H]1c2ccccc2C(=O)N(CCOC)[C@@H]1c1ccc(F)cc1. The van der Waals surface area contributed by atoms with Crippen molar-refractivity contribution in [2.45, 2.75) is 38.6 Å². The van der Waals surface area contributed by atoms with Gasteiger partial charge in [0.2, 0.25) is 5.91 Å². The quantitative estimate of drug-likeness (QED) is 0.597. The van der Waals surface area contributed by atoms with Gasteiger partial charge in [0.25, 0.3) is 5.91 Å². The number of rotatable bonds is 9. The first-order valence-electron chi connectivity index (χ1n) is 11.0. The molecule has 1 aliphatic heterocycles. The normalized spacial score (nSPS) is 18.1. The van der Waals surface area contributed by atoms with Crippen LogP contribution in [-0.4, -0.2) is 55.0 Å². The van der Waals surface area contributed by atoms with E-state index in [2.05, 4.69) is 6.92 Å². The van der Waals surface area contributed by atoms with Crippen molar-refractivity contribution in [3.05, 3.63) is 71.0 Å². The second kappa shape index (κ2) is 10.5. The maximum absolute atomic E-state index is 13.9. The number of hydrogen-bond donors (Lipinski definition) is 0. The van der Waals surface area contributed by atoms with E-state index in [1.54, 1.807) is 30.2 Å². The molecule has 0 N–H and O–H groups in total. The van der Waals surface area contributed by atoms with Crippen molar-refractivity contribution in [3.8, 4) is 0 Å². The molecule has 0 aliphatic carbocycles. The lowest BCUT2D eigenvalue weighted by Crippen LogP contribution is -2.49. The summed E-state index contributed by atoms with van der Waals surface area (Å²) in [5.41, 5.74) is 2.02. The Kier molecular flexibility index (Phi) is 7.80. The van der Waals surface area contributed by atoms with E-state index >= 15 is 0 Å². The van der Waals surface area contributed by atoms with Crippen molar-refractivity contribution in [2.75, 3.05) is 33.4 Å². The van der Waals surface area contributed by atoms with Crippen molar-refractivity contribution in [2.24, 2.45) is 0 Å². The van der Waals surface area contributed by atoms with Crippen LogP contribution in [0.2, 0.25) is 0 Å². The van der Waals surface area contributed by atoms with Gasteiger partial charge in [-0.15, -0.1) is 0 Å². The Morgan fingerprint density at radius 2 is 1.84 bits per heavy atom. The minimum Gasteiger partial charge on any atom is -0.383 e. The van der Waals surface area contributed by atoms with Crippen molar-refractivity contribution in [1.29, 1.82) is 0 Å². The summed E-state index contributed by atoms with van der Waals surface area (Å²) in [4.78, 5) is 30.9. The van der Waals surface area contributed by atoms with E-state index in [4.69, 9.17) is 4.74 Å². The van der Waals surface area contributed by atoms with Crippen LogP contribution in [0.25, 0.3) is 0 Å². The van der Waals surface area contributed by atoms with Crippen molar-refractivity contribution in [3.63, 3.8) is 0 Å². The number of carbonyl (C=O) groups is 2. The molecule has 0 saturated heterocycles. The molecular formula is C25H31FN2O3. The van der Waals surface area contributed by atoms with Gasteiger partial charge >= 0.3 is 0 Å². The number of fused-ring (bicyclic) bond motifs is 1. The van der Waals surface area contributed by atoms with Crippen LogP contribution in [0.1, 0.15) is 60.1 Å². The number of ether oxygens (including phenoxy) is 1. The van der Waals surface area contributed by atoms with Gasteiger partial charge in [0.05, 0.1) is 18.6 Å². The lowest BCUT2D eigenvalue weighted by atomic mass is 9.78. The maximum Gasteiger partial charge on any atom is 0.254 e. The largest absolute Gasteiger partial charge is 0.383 e. The molecule has 2 aromatic rings. The Morgan fingerprint density at radius 3 is 2.48 bits per heavy atom. The summed E-state index contributed by atoms with van der Waals surface area (Å²) in [5, 5.41) is 0. The van der Waals surface area contributed by atoms with Gasteiger partial charge in [-0.05, 0) is 42.7 Å². The van der Waals surface area contributed by atoms with E-state index < -0.39 is 12.0 Å². The Morgan fingerprint density at radius 1 is 1.13 bits per heavy atom. The molecule has 0 aromatic heterocycles. The minimum absolute atomic E-state index is 0.00681. The monoisotopic (exact) mass is 426 g/mol. The molecule has 1 heterocycles. The zero-order chi connectivity index (χ0) is 22.4. The molecule has 5 nitrogen and oxygen atoms in total. The topological polar surface area (TPSA) is 49.9 Å². The Hall–Kier alpha value is -2.73. The van der Waals surface area contributed by atoms with Crippen LogP contribution in [0.5, 0.6) is 0 Å². The standard InChI is InChI=1S/C25H31FN2O3/c1-4-6-15-27(5-2)25(30)22-20-9-7-8-10-21(20)24(29)28(16-17-31-3)23(22)18-11-13-19(26)14-12-18/h7-14,22-23H,4-6,15-17H2,1-3H3/t22-,23+/m0/s1. The molecule has 0 bridgehead atoms. The van der Waals surface area contributed by atoms with Gasteiger partial charge < -0.3 is 14.5 Å². The van der Waals surface area contributed by atoms with E-state index in [0.29, 0.717) is 31.8 Å². The molecule has 0 saturated carbocycles. The number of hydrogen-bond acceptors (Lipinski definition) is 3. The van der Waals surface area contributed by atoms with Crippen molar-refractivity contribution >= 4 is 11.8 Å². The van der Waals surface area contributed by atoms with Crippen molar-refractivity contribution < 1.29 is 18.7 Å². The second-order valence-corrected chi connectivity index (χ2v) is 7.82. The molecule has 0 fully saturated rings. The molecule has 3 rings (SSSR count). The summed E-state index contributed by atoms with van der Waals surface area (Å²) in [7, 11) is 1.58. The number of unbranched alkanes of at least 4 members (excludes halogenated alkanes) is 1.